The van der Waals surface area contributed by atoms with Gasteiger partial charge in [0.2, 0.25) is 0 Å². The average Bonchev–Trinajstić information content (AvgIpc) is 2.72. The van der Waals surface area contributed by atoms with Crippen LogP contribution in [0.25, 0.3) is 0 Å². The number of hydrogen-bond acceptors (Lipinski definition) is 5. The van der Waals surface area contributed by atoms with E-state index in [4.69, 9.17) is 5.73 Å². The first-order valence-corrected chi connectivity index (χ1v) is 7.47. The number of nitrogen functional groups attached to an aromatic ring is 1. The minimum Gasteiger partial charge on any atom is -0.481 e. The molecule has 8 nitrogen and oxygen atoms in total. The molecule has 2 rings (SSSR count). The number of anilines is 1. The second-order valence-corrected chi connectivity index (χ2v) is 5.69. The van der Waals surface area contributed by atoms with Crippen LogP contribution in [0.4, 0.5) is 11.4 Å². The van der Waals surface area contributed by atoms with Crippen molar-refractivity contribution in [1.29, 1.82) is 0 Å². The fraction of sp³-hybridized carbons (Fsp3) is 0.467. The van der Waals surface area contributed by atoms with Crippen LogP contribution in [-0.4, -0.2) is 27.9 Å². The number of hydrogen-bond donors (Lipinski definition) is 3. The molecule has 4 N–H and O–H groups in total. The van der Waals surface area contributed by atoms with Gasteiger partial charge in [0.1, 0.15) is 5.69 Å². The molecular weight excluding hydrogens is 302 g/mol. The lowest BCUT2D eigenvalue weighted by molar-refractivity contribution is -0.383. The molecule has 8 heteroatoms. The van der Waals surface area contributed by atoms with E-state index in [1.165, 1.54) is 12.1 Å². The molecule has 0 bridgehead atoms. The number of carbonyl (C=O) groups is 2. The van der Waals surface area contributed by atoms with Gasteiger partial charge in [0.25, 0.3) is 11.6 Å². The van der Waals surface area contributed by atoms with Gasteiger partial charge in [-0.15, -0.1) is 0 Å². The second kappa shape index (κ2) is 7.08. The van der Waals surface area contributed by atoms with Gasteiger partial charge in [0, 0.05) is 17.7 Å². The molecule has 0 aliphatic heterocycles. The van der Waals surface area contributed by atoms with Crippen LogP contribution in [0.2, 0.25) is 0 Å². The zero-order valence-electron chi connectivity index (χ0n) is 12.5. The van der Waals surface area contributed by atoms with Crippen LogP contribution >= 0.6 is 0 Å². The zero-order chi connectivity index (χ0) is 17.0. The number of aliphatic carboxylic acids is 1. The van der Waals surface area contributed by atoms with Crippen molar-refractivity contribution in [3.63, 3.8) is 0 Å². The van der Waals surface area contributed by atoms with Crippen molar-refractivity contribution >= 4 is 23.3 Å². The Morgan fingerprint density at radius 2 is 1.96 bits per heavy atom. The van der Waals surface area contributed by atoms with Gasteiger partial charge in [-0.05, 0) is 25.0 Å². The third-order valence-electron chi connectivity index (χ3n) is 4.14. The van der Waals surface area contributed by atoms with Crippen LogP contribution in [0, 0.1) is 16.0 Å². The number of nitrogens with one attached hydrogen (secondary N) is 1. The van der Waals surface area contributed by atoms with E-state index in [1.807, 2.05) is 0 Å². The first-order valence-electron chi connectivity index (χ1n) is 7.47. The van der Waals surface area contributed by atoms with E-state index in [-0.39, 0.29) is 16.9 Å². The Kier molecular flexibility index (Phi) is 5.15. The summed E-state index contributed by atoms with van der Waals surface area (Å²) in [5.74, 6) is -2.09. The number of nitrogens with two attached hydrogens (primary N) is 1. The molecule has 1 amide bonds. The Hall–Kier alpha value is -2.64. The summed E-state index contributed by atoms with van der Waals surface area (Å²) < 4.78 is 0. The number of benzene rings is 1. The van der Waals surface area contributed by atoms with Crippen LogP contribution in [0.3, 0.4) is 0 Å². The van der Waals surface area contributed by atoms with E-state index in [1.54, 1.807) is 0 Å². The van der Waals surface area contributed by atoms with E-state index in [9.17, 15) is 24.8 Å². The molecule has 1 saturated carbocycles. The summed E-state index contributed by atoms with van der Waals surface area (Å²) in [5.41, 5.74) is 5.24. The van der Waals surface area contributed by atoms with E-state index >= 15 is 0 Å². The molecule has 23 heavy (non-hydrogen) atoms. The third kappa shape index (κ3) is 3.97. The van der Waals surface area contributed by atoms with Crippen LogP contribution in [0.15, 0.2) is 18.2 Å². The zero-order valence-corrected chi connectivity index (χ0v) is 12.5. The van der Waals surface area contributed by atoms with Gasteiger partial charge in [0.05, 0.1) is 10.8 Å². The molecule has 1 fully saturated rings. The summed E-state index contributed by atoms with van der Waals surface area (Å²) in [6.07, 6.45) is 3.69. The first kappa shape index (κ1) is 16.7. The van der Waals surface area contributed by atoms with Crippen molar-refractivity contribution in [2.75, 3.05) is 5.73 Å². The van der Waals surface area contributed by atoms with Gasteiger partial charge < -0.3 is 16.2 Å². The van der Waals surface area contributed by atoms with Crippen molar-refractivity contribution in [2.45, 2.75) is 38.1 Å². The molecule has 0 saturated heterocycles. The largest absolute Gasteiger partial charge is 0.481 e. The minimum atomic E-state index is -0.930. The maximum atomic E-state index is 12.3. The highest BCUT2D eigenvalue weighted by Gasteiger charge is 2.31. The van der Waals surface area contributed by atoms with Gasteiger partial charge in [-0.3, -0.25) is 19.7 Å². The number of carboxylic acid groups (broad SMARTS) is 1. The number of rotatable bonds is 4. The maximum Gasteiger partial charge on any atom is 0.308 e. The summed E-state index contributed by atoms with van der Waals surface area (Å²) >= 11 is 0. The predicted octanol–water partition coefficient (Wildman–Crippen LogP) is 1.94. The minimum absolute atomic E-state index is 0.0237. The number of carbonyl (C=O) groups excluding carboxylic acids is 1. The summed E-state index contributed by atoms with van der Waals surface area (Å²) in [5, 5.41) is 22.9. The third-order valence-corrected chi connectivity index (χ3v) is 4.14. The van der Waals surface area contributed by atoms with Crippen molar-refractivity contribution in [3.8, 4) is 0 Å². The van der Waals surface area contributed by atoms with Crippen molar-refractivity contribution in [2.24, 2.45) is 5.92 Å². The lowest BCUT2D eigenvalue weighted by Gasteiger charge is -2.22. The van der Waals surface area contributed by atoms with Crippen LogP contribution < -0.4 is 11.1 Å². The number of amides is 1. The topological polar surface area (TPSA) is 136 Å². The molecule has 2 atom stereocenters. The molecule has 1 aromatic carbocycles. The lowest BCUT2D eigenvalue weighted by Crippen LogP contribution is -2.42. The Labute approximate surface area is 132 Å². The molecule has 1 aliphatic carbocycles. The molecular formula is C15H19N3O5. The highest BCUT2D eigenvalue weighted by atomic mass is 16.6. The standard InChI is InChI=1S/C15H19N3O5/c16-11-7-6-9(8-13(11)18(22)23)14(19)17-12-5-3-1-2-4-10(12)15(20)21/h6-8,10,12H,1-5,16H2,(H,17,19)(H,20,21)/t10-,12+/m1/s1. The van der Waals surface area contributed by atoms with E-state index in [0.717, 1.165) is 25.3 Å². The normalized spacial score (nSPS) is 21.2. The Balaban J connectivity index is 2.18. The Morgan fingerprint density at radius 3 is 2.61 bits per heavy atom. The van der Waals surface area contributed by atoms with Crippen molar-refractivity contribution < 1.29 is 19.6 Å². The van der Waals surface area contributed by atoms with E-state index < -0.39 is 28.8 Å². The number of carboxylic acids is 1. The average molecular weight is 321 g/mol. The monoisotopic (exact) mass is 321 g/mol. The van der Waals surface area contributed by atoms with E-state index in [0.29, 0.717) is 12.8 Å². The molecule has 0 heterocycles. The molecule has 0 spiro atoms. The van der Waals surface area contributed by atoms with Crippen LogP contribution in [0.1, 0.15) is 42.5 Å². The first-order chi connectivity index (χ1) is 10.9. The summed E-state index contributed by atoms with van der Waals surface area (Å²) in [6, 6.07) is 3.33. The van der Waals surface area contributed by atoms with E-state index in [2.05, 4.69) is 5.32 Å². The molecule has 0 unspecified atom stereocenters. The Morgan fingerprint density at radius 1 is 1.26 bits per heavy atom. The van der Waals surface area contributed by atoms with Gasteiger partial charge in [-0.25, -0.2) is 0 Å². The molecule has 124 valence electrons. The molecule has 0 radical (unpaired) electrons. The quantitative estimate of drug-likeness (QED) is 0.335. The van der Waals surface area contributed by atoms with Crippen LogP contribution in [-0.2, 0) is 4.79 Å². The van der Waals surface area contributed by atoms with Gasteiger partial charge in [-0.2, -0.15) is 0 Å². The van der Waals surface area contributed by atoms with Gasteiger partial charge >= 0.3 is 5.97 Å². The SMILES string of the molecule is Nc1ccc(C(=O)N[C@H]2CCCCC[C@H]2C(=O)O)cc1[N+](=O)[O-]. The molecule has 1 aromatic rings. The summed E-state index contributed by atoms with van der Waals surface area (Å²) in [6.45, 7) is 0. The number of nitrogens with zero attached hydrogens (tertiary/aromatic N) is 1. The molecule has 0 aromatic heterocycles. The van der Waals surface area contributed by atoms with Crippen LogP contribution in [0.5, 0.6) is 0 Å². The fourth-order valence-electron chi connectivity index (χ4n) is 2.87. The number of nitro groups is 1. The summed E-state index contributed by atoms with van der Waals surface area (Å²) in [4.78, 5) is 33.9. The Bertz CT molecular complexity index is 632. The second-order valence-electron chi connectivity index (χ2n) is 5.69. The fourth-order valence-corrected chi connectivity index (χ4v) is 2.87. The molecule has 1 aliphatic rings. The van der Waals surface area contributed by atoms with Gasteiger partial charge in [0.15, 0.2) is 0 Å². The lowest BCUT2D eigenvalue weighted by atomic mass is 9.94. The maximum absolute atomic E-state index is 12.3. The van der Waals surface area contributed by atoms with Gasteiger partial charge in [-0.1, -0.05) is 19.3 Å². The smallest absolute Gasteiger partial charge is 0.308 e. The predicted molar refractivity (Wildman–Crippen MR) is 83.0 cm³/mol. The highest BCUT2D eigenvalue weighted by molar-refractivity contribution is 5.96. The summed E-state index contributed by atoms with van der Waals surface area (Å²) in [7, 11) is 0. The highest BCUT2D eigenvalue weighted by Crippen LogP contribution is 2.25. The van der Waals surface area contributed by atoms with Crippen molar-refractivity contribution in [3.05, 3.63) is 33.9 Å². The van der Waals surface area contributed by atoms with Crippen molar-refractivity contribution in [1.82, 2.24) is 5.32 Å². The number of nitro benzene ring substituents is 1.